The molecule has 1 unspecified atom stereocenters. The molecule has 1 atom stereocenters. The first-order valence-electron chi connectivity index (χ1n) is 6.83. The Morgan fingerprint density at radius 2 is 1.75 bits per heavy atom. The molecule has 1 rings (SSSR count). The van der Waals surface area contributed by atoms with Gasteiger partial charge in [0.1, 0.15) is 11.6 Å². The van der Waals surface area contributed by atoms with Gasteiger partial charge in [-0.25, -0.2) is 4.98 Å². The van der Waals surface area contributed by atoms with Gasteiger partial charge in [0.2, 0.25) is 0 Å². The molecule has 1 heterocycles. The van der Waals surface area contributed by atoms with Crippen LogP contribution < -0.4 is 10.6 Å². The molecule has 6 heteroatoms. The molecule has 0 aromatic carbocycles. The average Bonchev–Trinajstić information content (AvgIpc) is 2.34. The molecule has 2 N–H and O–H groups in total. The number of rotatable bonds is 6. The first-order chi connectivity index (χ1) is 9.24. The predicted octanol–water partition coefficient (Wildman–Crippen LogP) is 4.38. The minimum atomic E-state index is -4.37. The van der Waals surface area contributed by atoms with E-state index in [1.54, 1.807) is 0 Å². The van der Waals surface area contributed by atoms with Gasteiger partial charge in [-0.1, -0.05) is 20.8 Å². The highest BCUT2D eigenvalue weighted by Crippen LogP contribution is 2.32. The van der Waals surface area contributed by atoms with Gasteiger partial charge in [0.05, 0.1) is 5.56 Å². The molecule has 1 aromatic heterocycles. The van der Waals surface area contributed by atoms with Gasteiger partial charge >= 0.3 is 6.18 Å². The fourth-order valence-corrected chi connectivity index (χ4v) is 1.51. The van der Waals surface area contributed by atoms with Crippen LogP contribution in [0, 0.1) is 5.92 Å². The summed E-state index contributed by atoms with van der Waals surface area (Å²) in [6.45, 7) is 8.46. The summed E-state index contributed by atoms with van der Waals surface area (Å²) >= 11 is 0. The van der Waals surface area contributed by atoms with Crippen LogP contribution in [0.3, 0.4) is 0 Å². The van der Waals surface area contributed by atoms with E-state index in [0.29, 0.717) is 12.5 Å². The molecule has 0 radical (unpaired) electrons. The molecule has 0 fully saturated rings. The zero-order valence-corrected chi connectivity index (χ0v) is 12.3. The summed E-state index contributed by atoms with van der Waals surface area (Å²) in [5.74, 6) is 0.804. The molecule has 0 aliphatic rings. The largest absolute Gasteiger partial charge is 0.416 e. The maximum absolute atomic E-state index is 12.9. The third kappa shape index (κ3) is 4.90. The quantitative estimate of drug-likeness (QED) is 0.816. The average molecular weight is 289 g/mol. The van der Waals surface area contributed by atoms with Gasteiger partial charge in [0.15, 0.2) is 0 Å². The van der Waals surface area contributed by atoms with Crippen LogP contribution in [0.5, 0.6) is 0 Å². The van der Waals surface area contributed by atoms with E-state index in [1.165, 1.54) is 0 Å². The van der Waals surface area contributed by atoms with Crippen LogP contribution in [0.2, 0.25) is 0 Å². The molecule has 114 valence electrons. The normalized spacial score (nSPS) is 13.4. The van der Waals surface area contributed by atoms with Crippen LogP contribution in [0.25, 0.3) is 0 Å². The molecule has 3 nitrogen and oxygen atoms in total. The Bertz CT molecular complexity index is 430. The van der Waals surface area contributed by atoms with E-state index in [4.69, 9.17) is 0 Å². The topological polar surface area (TPSA) is 37.0 Å². The van der Waals surface area contributed by atoms with E-state index in [9.17, 15) is 13.2 Å². The summed E-state index contributed by atoms with van der Waals surface area (Å²) in [6.07, 6.45) is -3.55. The maximum atomic E-state index is 12.9. The van der Waals surface area contributed by atoms with Crippen molar-refractivity contribution in [3.8, 4) is 0 Å². The zero-order valence-electron chi connectivity index (χ0n) is 12.3. The number of nitrogens with zero attached hydrogens (tertiary/aromatic N) is 1. The van der Waals surface area contributed by atoms with E-state index in [0.717, 1.165) is 18.6 Å². The monoisotopic (exact) mass is 289 g/mol. The summed E-state index contributed by atoms with van der Waals surface area (Å²) in [7, 11) is 0. The fraction of sp³-hybridized carbons (Fsp3) is 0.643. The lowest BCUT2D eigenvalue weighted by Crippen LogP contribution is -2.23. The highest BCUT2D eigenvalue weighted by Gasteiger charge is 2.31. The molecule has 0 amide bonds. The second-order valence-electron chi connectivity index (χ2n) is 5.23. The van der Waals surface area contributed by atoms with Gasteiger partial charge in [-0.15, -0.1) is 0 Å². The van der Waals surface area contributed by atoms with Crippen molar-refractivity contribution in [1.29, 1.82) is 0 Å². The van der Waals surface area contributed by atoms with Crippen molar-refractivity contribution in [1.82, 2.24) is 4.98 Å². The van der Waals surface area contributed by atoms with Crippen molar-refractivity contribution in [3.05, 3.63) is 17.7 Å². The Labute approximate surface area is 118 Å². The van der Waals surface area contributed by atoms with Crippen LogP contribution in [0.15, 0.2) is 12.1 Å². The third-order valence-electron chi connectivity index (χ3n) is 3.08. The highest BCUT2D eigenvalue weighted by atomic mass is 19.4. The van der Waals surface area contributed by atoms with Crippen molar-refractivity contribution in [3.63, 3.8) is 0 Å². The van der Waals surface area contributed by atoms with Crippen LogP contribution >= 0.6 is 0 Å². The van der Waals surface area contributed by atoms with E-state index in [1.807, 2.05) is 27.7 Å². The predicted molar refractivity (Wildman–Crippen MR) is 75.9 cm³/mol. The number of anilines is 2. The second-order valence-corrected chi connectivity index (χ2v) is 5.23. The summed E-state index contributed by atoms with van der Waals surface area (Å²) in [5, 5.41) is 5.92. The molecule has 0 aliphatic heterocycles. The first kappa shape index (κ1) is 16.6. The van der Waals surface area contributed by atoms with Crippen molar-refractivity contribution in [2.75, 3.05) is 17.2 Å². The molecular weight excluding hydrogens is 267 g/mol. The third-order valence-corrected chi connectivity index (χ3v) is 3.08. The lowest BCUT2D eigenvalue weighted by Gasteiger charge is -2.20. The Hall–Kier alpha value is -1.46. The molecule has 20 heavy (non-hydrogen) atoms. The smallest absolute Gasteiger partial charge is 0.370 e. The van der Waals surface area contributed by atoms with Crippen molar-refractivity contribution in [2.45, 2.75) is 46.3 Å². The molecular formula is C14H22F3N3. The lowest BCUT2D eigenvalue weighted by atomic mass is 10.1. The number of hydrogen-bond acceptors (Lipinski definition) is 3. The zero-order chi connectivity index (χ0) is 15.3. The van der Waals surface area contributed by atoms with Gasteiger partial charge in [-0.05, 0) is 31.4 Å². The van der Waals surface area contributed by atoms with Gasteiger partial charge in [0.25, 0.3) is 0 Å². The van der Waals surface area contributed by atoms with Crippen LogP contribution in [-0.4, -0.2) is 17.6 Å². The molecule has 0 saturated carbocycles. The molecule has 0 bridgehead atoms. The summed E-state index contributed by atoms with van der Waals surface area (Å²) in [5.41, 5.74) is -0.690. The van der Waals surface area contributed by atoms with E-state index in [2.05, 4.69) is 15.6 Å². The van der Waals surface area contributed by atoms with Crippen LogP contribution in [0.4, 0.5) is 24.8 Å². The van der Waals surface area contributed by atoms with Crippen LogP contribution in [-0.2, 0) is 6.18 Å². The highest BCUT2D eigenvalue weighted by molar-refractivity contribution is 5.50. The fourth-order valence-electron chi connectivity index (χ4n) is 1.51. The molecule has 0 aliphatic carbocycles. The minimum Gasteiger partial charge on any atom is -0.370 e. The number of nitrogens with one attached hydrogen (secondary N) is 2. The van der Waals surface area contributed by atoms with Gasteiger partial charge in [-0.3, -0.25) is 0 Å². The number of hydrogen-bond donors (Lipinski definition) is 2. The Morgan fingerprint density at radius 3 is 2.25 bits per heavy atom. The Kier molecular flexibility index (Phi) is 5.65. The summed E-state index contributed by atoms with van der Waals surface area (Å²) in [4.78, 5) is 4.18. The minimum absolute atomic E-state index is 0.0463. The van der Waals surface area contributed by atoms with Crippen molar-refractivity contribution < 1.29 is 13.2 Å². The number of alkyl halides is 3. The van der Waals surface area contributed by atoms with E-state index in [-0.39, 0.29) is 17.7 Å². The van der Waals surface area contributed by atoms with Gasteiger partial charge in [-0.2, -0.15) is 13.2 Å². The molecule has 0 saturated heterocycles. The second kappa shape index (κ2) is 6.81. The Morgan fingerprint density at radius 1 is 1.15 bits per heavy atom. The summed E-state index contributed by atoms with van der Waals surface area (Å²) < 4.78 is 38.6. The lowest BCUT2D eigenvalue weighted by molar-refractivity contribution is -0.137. The van der Waals surface area contributed by atoms with Crippen LogP contribution in [0.1, 0.15) is 39.7 Å². The maximum Gasteiger partial charge on any atom is 0.416 e. The van der Waals surface area contributed by atoms with E-state index < -0.39 is 11.7 Å². The molecule has 0 spiro atoms. The number of halogens is 3. The van der Waals surface area contributed by atoms with Gasteiger partial charge in [0, 0.05) is 12.6 Å². The van der Waals surface area contributed by atoms with Crippen molar-refractivity contribution in [2.24, 2.45) is 5.92 Å². The summed E-state index contributed by atoms with van der Waals surface area (Å²) in [6, 6.07) is 2.14. The standard InChI is InChI=1S/C14H22F3N3/c1-5-6-18-12-7-11(14(15,16)17)8-13(20-12)19-10(4)9(2)3/h7-10H,5-6H2,1-4H3,(H2,18,19,20). The molecule has 1 aromatic rings. The number of aromatic nitrogens is 1. The SMILES string of the molecule is CCCNc1cc(C(F)(F)F)cc(NC(C)C(C)C)n1. The number of pyridine rings is 1. The van der Waals surface area contributed by atoms with E-state index >= 15 is 0 Å². The Balaban J connectivity index is 3.03. The first-order valence-corrected chi connectivity index (χ1v) is 6.83. The van der Waals surface area contributed by atoms with Crippen molar-refractivity contribution >= 4 is 11.6 Å². The van der Waals surface area contributed by atoms with Gasteiger partial charge < -0.3 is 10.6 Å².